The molecule has 1 saturated carbocycles. The van der Waals surface area contributed by atoms with Crippen molar-refractivity contribution in [2.45, 2.75) is 52.0 Å². The van der Waals surface area contributed by atoms with Crippen LogP contribution in [0, 0.1) is 6.92 Å². The molecule has 2 aliphatic rings. The van der Waals surface area contributed by atoms with Gasteiger partial charge in [0.25, 0.3) is 17.7 Å². The molecule has 1 fully saturated rings. The number of carbonyl (C=O) groups excluding carboxylic acids is 4. The van der Waals surface area contributed by atoms with Crippen molar-refractivity contribution in [1.29, 1.82) is 0 Å². The molecule has 2 aromatic carbocycles. The summed E-state index contributed by atoms with van der Waals surface area (Å²) in [6.45, 7) is 3.74. The molecule has 3 amide bonds. The molecule has 0 unspecified atom stereocenters. The highest BCUT2D eigenvalue weighted by atomic mass is 35.5. The summed E-state index contributed by atoms with van der Waals surface area (Å²) in [7, 11) is 0. The minimum atomic E-state index is -0.534. The Morgan fingerprint density at radius 1 is 1.03 bits per heavy atom. The Bertz CT molecular complexity index is 1250. The second kappa shape index (κ2) is 11.0. The fourth-order valence-corrected chi connectivity index (χ4v) is 4.72. The van der Waals surface area contributed by atoms with Gasteiger partial charge in [0.1, 0.15) is 10.7 Å². The van der Waals surface area contributed by atoms with Gasteiger partial charge in [0.2, 0.25) is 0 Å². The SMILES string of the molecule is CCOC(=O)c1ccccc1NC(=O)c1ccc(C)c(NC2=C(Cl)C(=O)N(C3CCCCC3)C2=O)c1. The van der Waals surface area contributed by atoms with Crippen LogP contribution in [0.5, 0.6) is 0 Å². The van der Waals surface area contributed by atoms with Gasteiger partial charge in [-0.25, -0.2) is 4.79 Å². The van der Waals surface area contributed by atoms with Crippen LogP contribution in [0.4, 0.5) is 11.4 Å². The van der Waals surface area contributed by atoms with Crippen LogP contribution in [0.2, 0.25) is 0 Å². The molecule has 8 nitrogen and oxygen atoms in total. The van der Waals surface area contributed by atoms with E-state index in [0.717, 1.165) is 37.7 Å². The Morgan fingerprint density at radius 3 is 2.47 bits per heavy atom. The molecule has 0 aromatic heterocycles. The molecule has 2 aromatic rings. The Labute approximate surface area is 214 Å². The summed E-state index contributed by atoms with van der Waals surface area (Å²) in [6, 6.07) is 11.4. The van der Waals surface area contributed by atoms with Gasteiger partial charge in [-0.05, 0) is 56.5 Å². The van der Waals surface area contributed by atoms with E-state index in [4.69, 9.17) is 16.3 Å². The number of anilines is 2. The minimum absolute atomic E-state index is 0.0144. The Kier molecular flexibility index (Phi) is 7.74. The minimum Gasteiger partial charge on any atom is -0.462 e. The third-order valence-corrected chi connectivity index (χ3v) is 6.78. The highest BCUT2D eigenvalue weighted by Crippen LogP contribution is 2.33. The lowest BCUT2D eigenvalue weighted by Gasteiger charge is -2.29. The van der Waals surface area contributed by atoms with Crippen molar-refractivity contribution in [2.75, 3.05) is 17.2 Å². The molecule has 9 heteroatoms. The number of benzene rings is 2. The molecule has 1 aliphatic carbocycles. The monoisotopic (exact) mass is 509 g/mol. The fraction of sp³-hybridized carbons (Fsp3) is 0.333. The van der Waals surface area contributed by atoms with E-state index in [1.807, 2.05) is 6.92 Å². The lowest BCUT2D eigenvalue weighted by atomic mass is 9.94. The number of hydrogen-bond acceptors (Lipinski definition) is 6. The molecule has 0 atom stereocenters. The number of hydrogen-bond donors (Lipinski definition) is 2. The van der Waals surface area contributed by atoms with E-state index in [0.29, 0.717) is 16.9 Å². The number of nitrogens with one attached hydrogen (secondary N) is 2. The number of imide groups is 1. The van der Waals surface area contributed by atoms with Gasteiger partial charge in [0, 0.05) is 17.3 Å². The summed E-state index contributed by atoms with van der Waals surface area (Å²) in [5, 5.41) is 5.59. The normalized spacial score (nSPS) is 16.4. The van der Waals surface area contributed by atoms with E-state index in [2.05, 4.69) is 10.6 Å². The number of nitrogens with zero attached hydrogens (tertiary/aromatic N) is 1. The lowest BCUT2D eigenvalue weighted by molar-refractivity contribution is -0.140. The number of rotatable bonds is 7. The summed E-state index contributed by atoms with van der Waals surface area (Å²) in [5.41, 5.74) is 2.10. The smallest absolute Gasteiger partial charge is 0.340 e. The average molecular weight is 510 g/mol. The largest absolute Gasteiger partial charge is 0.462 e. The number of amides is 3. The predicted octanol–water partition coefficient (Wildman–Crippen LogP) is 4.99. The maximum absolute atomic E-state index is 13.1. The Balaban J connectivity index is 1.54. The van der Waals surface area contributed by atoms with Crippen molar-refractivity contribution < 1.29 is 23.9 Å². The third-order valence-electron chi connectivity index (χ3n) is 6.43. The number of halogens is 1. The van der Waals surface area contributed by atoms with Crippen molar-refractivity contribution >= 4 is 46.7 Å². The molecule has 36 heavy (non-hydrogen) atoms. The topological polar surface area (TPSA) is 105 Å². The summed E-state index contributed by atoms with van der Waals surface area (Å²) >= 11 is 6.30. The van der Waals surface area contributed by atoms with E-state index >= 15 is 0 Å². The van der Waals surface area contributed by atoms with Gasteiger partial charge in [-0.1, -0.05) is 49.1 Å². The molecule has 1 heterocycles. The van der Waals surface area contributed by atoms with Crippen LogP contribution >= 0.6 is 11.6 Å². The molecule has 2 N–H and O–H groups in total. The first-order valence-electron chi connectivity index (χ1n) is 12.0. The maximum atomic E-state index is 13.1. The second-order valence-electron chi connectivity index (χ2n) is 8.84. The van der Waals surface area contributed by atoms with Crippen LogP contribution in [-0.2, 0) is 14.3 Å². The van der Waals surface area contributed by atoms with Crippen molar-refractivity contribution in [3.05, 3.63) is 69.9 Å². The standard InChI is InChI=1S/C27H28ClN3O5/c1-3-36-27(35)19-11-7-8-12-20(19)30-24(32)17-14-13-16(2)21(15-17)29-23-22(28)25(33)31(26(23)34)18-9-5-4-6-10-18/h7-8,11-15,18,29H,3-6,9-10H2,1-2H3,(H,30,32). The van der Waals surface area contributed by atoms with Crippen LogP contribution in [0.15, 0.2) is 53.2 Å². The zero-order valence-electron chi connectivity index (χ0n) is 20.2. The van der Waals surface area contributed by atoms with Crippen molar-refractivity contribution in [3.63, 3.8) is 0 Å². The Hall–Kier alpha value is -3.65. The molecular weight excluding hydrogens is 482 g/mol. The number of ether oxygens (including phenoxy) is 1. The Morgan fingerprint density at radius 2 is 1.75 bits per heavy atom. The van der Waals surface area contributed by atoms with Gasteiger partial charge < -0.3 is 15.4 Å². The summed E-state index contributed by atoms with van der Waals surface area (Å²) in [6.07, 6.45) is 4.58. The van der Waals surface area contributed by atoms with Gasteiger partial charge in [-0.3, -0.25) is 19.3 Å². The van der Waals surface area contributed by atoms with Crippen molar-refractivity contribution in [3.8, 4) is 0 Å². The van der Waals surface area contributed by atoms with E-state index in [9.17, 15) is 19.2 Å². The third kappa shape index (κ3) is 5.14. The molecule has 0 spiro atoms. The first-order chi connectivity index (χ1) is 17.3. The molecular formula is C27H28ClN3O5. The number of esters is 1. The molecule has 188 valence electrons. The molecule has 1 aliphatic heterocycles. The van der Waals surface area contributed by atoms with Gasteiger partial charge in [0.15, 0.2) is 0 Å². The van der Waals surface area contributed by atoms with E-state index < -0.39 is 23.7 Å². The van der Waals surface area contributed by atoms with E-state index in [1.54, 1.807) is 49.4 Å². The number of carbonyl (C=O) groups is 4. The lowest BCUT2D eigenvalue weighted by Crippen LogP contribution is -2.42. The van der Waals surface area contributed by atoms with Crippen molar-refractivity contribution in [1.82, 2.24) is 4.90 Å². The van der Waals surface area contributed by atoms with E-state index in [1.165, 1.54) is 4.90 Å². The van der Waals surface area contributed by atoms with Crippen LogP contribution in [0.25, 0.3) is 0 Å². The zero-order chi connectivity index (χ0) is 25.8. The first-order valence-corrected chi connectivity index (χ1v) is 12.4. The van der Waals surface area contributed by atoms with Gasteiger partial charge >= 0.3 is 5.97 Å². The first kappa shape index (κ1) is 25.4. The number of para-hydroxylation sites is 1. The molecule has 0 bridgehead atoms. The highest BCUT2D eigenvalue weighted by molar-refractivity contribution is 6.48. The average Bonchev–Trinajstić information content (AvgIpc) is 3.09. The molecule has 0 saturated heterocycles. The predicted molar refractivity (Wildman–Crippen MR) is 137 cm³/mol. The van der Waals surface area contributed by atoms with Crippen molar-refractivity contribution in [2.24, 2.45) is 0 Å². The second-order valence-corrected chi connectivity index (χ2v) is 9.21. The van der Waals surface area contributed by atoms with Gasteiger partial charge in [0.05, 0.1) is 17.9 Å². The van der Waals surface area contributed by atoms with Crippen LogP contribution in [0.1, 0.15) is 65.3 Å². The summed E-state index contributed by atoms with van der Waals surface area (Å²) in [5.74, 6) is -1.92. The number of aryl methyl sites for hydroxylation is 1. The maximum Gasteiger partial charge on any atom is 0.340 e. The van der Waals surface area contributed by atoms with Crippen LogP contribution < -0.4 is 10.6 Å². The summed E-state index contributed by atoms with van der Waals surface area (Å²) < 4.78 is 5.07. The van der Waals surface area contributed by atoms with Gasteiger partial charge in [-0.15, -0.1) is 0 Å². The fourth-order valence-electron chi connectivity index (χ4n) is 4.50. The summed E-state index contributed by atoms with van der Waals surface area (Å²) in [4.78, 5) is 52.5. The van der Waals surface area contributed by atoms with E-state index in [-0.39, 0.29) is 28.9 Å². The van der Waals surface area contributed by atoms with Crippen LogP contribution in [-0.4, -0.2) is 41.2 Å². The van der Waals surface area contributed by atoms with Gasteiger partial charge in [-0.2, -0.15) is 0 Å². The molecule has 0 radical (unpaired) electrons. The zero-order valence-corrected chi connectivity index (χ0v) is 21.0. The quantitative estimate of drug-likeness (QED) is 0.402. The van der Waals surface area contributed by atoms with Crippen LogP contribution in [0.3, 0.4) is 0 Å². The highest BCUT2D eigenvalue weighted by Gasteiger charge is 2.42. The molecule has 4 rings (SSSR count).